The number of H-pyrrole nitrogens is 1. The average Bonchev–Trinajstić information content (AvgIpc) is 2.75. The van der Waals surface area contributed by atoms with Gasteiger partial charge in [0, 0.05) is 13.0 Å². The fourth-order valence-electron chi connectivity index (χ4n) is 1.53. The molecular formula is C9H14N5O4P. The Balaban J connectivity index is 1.86. The van der Waals surface area contributed by atoms with E-state index in [0.717, 1.165) is 0 Å². The van der Waals surface area contributed by atoms with E-state index in [1.165, 1.54) is 6.33 Å². The number of aromatic nitrogens is 4. The molecule has 0 atom stereocenters. The number of aromatic amines is 1. The maximum atomic E-state index is 10.5. The monoisotopic (exact) mass is 287 g/mol. The predicted octanol–water partition coefficient (Wildman–Crippen LogP) is 0.0195. The summed E-state index contributed by atoms with van der Waals surface area (Å²) in [6.07, 6.45) is 1.94. The predicted molar refractivity (Wildman–Crippen MR) is 67.3 cm³/mol. The van der Waals surface area contributed by atoms with Gasteiger partial charge in [-0.15, -0.1) is 0 Å². The van der Waals surface area contributed by atoms with Crippen molar-refractivity contribution in [1.29, 1.82) is 0 Å². The highest BCUT2D eigenvalue weighted by Gasteiger charge is 2.12. The van der Waals surface area contributed by atoms with Gasteiger partial charge in [0.15, 0.2) is 11.5 Å². The molecule has 0 aliphatic rings. The van der Waals surface area contributed by atoms with Crippen LogP contribution in [0.4, 0.5) is 5.82 Å². The zero-order valence-corrected chi connectivity index (χ0v) is 10.9. The summed E-state index contributed by atoms with van der Waals surface area (Å²) in [5.41, 5.74) is 6.83. The third-order valence-electron chi connectivity index (χ3n) is 2.31. The van der Waals surface area contributed by atoms with Crippen LogP contribution in [-0.2, 0) is 15.7 Å². The lowest BCUT2D eigenvalue weighted by molar-refractivity contribution is 0.154. The first-order chi connectivity index (χ1) is 8.96. The molecule has 104 valence electrons. The van der Waals surface area contributed by atoms with Crippen LogP contribution in [-0.4, -0.2) is 42.7 Å². The van der Waals surface area contributed by atoms with Gasteiger partial charge in [-0.3, -0.25) is 4.57 Å². The van der Waals surface area contributed by atoms with E-state index in [1.807, 2.05) is 0 Å². The second-order valence-corrected chi connectivity index (χ2v) is 5.52. The Bertz CT molecular complexity index is 610. The largest absolute Gasteiger partial charge is 0.382 e. The number of ether oxygens (including phenoxy) is 1. The van der Waals surface area contributed by atoms with Crippen molar-refractivity contribution in [2.45, 2.75) is 12.8 Å². The van der Waals surface area contributed by atoms with Crippen LogP contribution >= 0.6 is 7.60 Å². The second-order valence-electron chi connectivity index (χ2n) is 3.93. The first-order valence-corrected chi connectivity index (χ1v) is 7.33. The van der Waals surface area contributed by atoms with E-state index in [-0.39, 0.29) is 6.61 Å². The number of rotatable bonds is 6. The number of hydrogen-bond acceptors (Lipinski definition) is 6. The molecule has 0 aromatic carbocycles. The number of hydrogen-bond donors (Lipinski definition) is 4. The summed E-state index contributed by atoms with van der Waals surface area (Å²) in [6, 6.07) is 0. The summed E-state index contributed by atoms with van der Waals surface area (Å²) in [7, 11) is -4.10. The first kappa shape index (κ1) is 13.9. The van der Waals surface area contributed by atoms with Gasteiger partial charge in [-0.25, -0.2) is 15.0 Å². The first-order valence-electron chi connectivity index (χ1n) is 5.53. The third kappa shape index (κ3) is 3.97. The maximum Gasteiger partial charge on any atom is 0.350 e. The molecule has 19 heavy (non-hydrogen) atoms. The molecule has 0 saturated heterocycles. The van der Waals surface area contributed by atoms with Crippen LogP contribution in [0.3, 0.4) is 0 Å². The number of fused-ring (bicyclic) bond motifs is 1. The van der Waals surface area contributed by atoms with Gasteiger partial charge in [-0.1, -0.05) is 0 Å². The lowest BCUT2D eigenvalue weighted by atomic mass is 10.3. The number of anilines is 1. The molecule has 0 radical (unpaired) electrons. The molecule has 2 aromatic heterocycles. The van der Waals surface area contributed by atoms with Gasteiger partial charge in [0.2, 0.25) is 0 Å². The Hall–Kier alpha value is -1.54. The number of nitrogens with two attached hydrogens (primary N) is 1. The molecule has 2 rings (SSSR count). The molecule has 0 spiro atoms. The van der Waals surface area contributed by atoms with Crippen molar-refractivity contribution in [1.82, 2.24) is 19.9 Å². The summed E-state index contributed by atoms with van der Waals surface area (Å²) in [6.45, 7) is 0.215. The van der Waals surface area contributed by atoms with Gasteiger partial charge in [0.05, 0.1) is 6.33 Å². The average molecular weight is 287 g/mol. The summed E-state index contributed by atoms with van der Waals surface area (Å²) >= 11 is 0. The highest BCUT2D eigenvalue weighted by atomic mass is 31.2. The standard InChI is InChI=1S/C9H14N5O4P/c10-8-7-9(12-4-11-7)14-6(13-8)2-1-3-18-5-19(15,16)17/h4H,1-3,5H2,(H2,15,16,17)(H3,10,11,12,13,14). The van der Waals surface area contributed by atoms with Gasteiger partial charge >= 0.3 is 7.60 Å². The maximum absolute atomic E-state index is 10.5. The molecule has 5 N–H and O–H groups in total. The SMILES string of the molecule is Nc1nc(CCCOCP(=O)(O)O)nc2nc[nH]c12. The van der Waals surface area contributed by atoms with E-state index < -0.39 is 13.9 Å². The van der Waals surface area contributed by atoms with E-state index in [4.69, 9.17) is 20.3 Å². The van der Waals surface area contributed by atoms with Crippen LogP contribution in [0.15, 0.2) is 6.33 Å². The van der Waals surface area contributed by atoms with E-state index in [0.29, 0.717) is 35.6 Å². The van der Waals surface area contributed by atoms with Crippen LogP contribution < -0.4 is 5.73 Å². The normalized spacial score (nSPS) is 12.1. The zero-order valence-electron chi connectivity index (χ0n) is 9.98. The minimum atomic E-state index is -4.10. The van der Waals surface area contributed by atoms with E-state index in [2.05, 4.69) is 19.9 Å². The fourth-order valence-corrected chi connectivity index (χ4v) is 1.90. The van der Waals surface area contributed by atoms with Crippen molar-refractivity contribution >= 4 is 24.6 Å². The highest BCUT2D eigenvalue weighted by Crippen LogP contribution is 2.33. The molecule has 2 heterocycles. The van der Waals surface area contributed by atoms with Gasteiger partial charge in [-0.05, 0) is 6.42 Å². The molecular weight excluding hydrogens is 273 g/mol. The Kier molecular flexibility index (Phi) is 4.11. The summed E-state index contributed by atoms with van der Waals surface area (Å²) in [5, 5.41) is 0. The molecule has 0 aliphatic heterocycles. The highest BCUT2D eigenvalue weighted by molar-refractivity contribution is 7.51. The number of nitrogens with one attached hydrogen (secondary N) is 1. The molecule has 0 fully saturated rings. The van der Waals surface area contributed by atoms with Crippen molar-refractivity contribution in [2.24, 2.45) is 0 Å². The second kappa shape index (κ2) is 5.62. The van der Waals surface area contributed by atoms with Crippen molar-refractivity contribution in [3.05, 3.63) is 12.2 Å². The molecule has 0 unspecified atom stereocenters. The number of aryl methyl sites for hydroxylation is 1. The van der Waals surface area contributed by atoms with Crippen molar-refractivity contribution < 1.29 is 19.1 Å². The Labute approximate surface area is 108 Å². The number of imidazole rings is 1. The van der Waals surface area contributed by atoms with Crippen LogP contribution in [0.25, 0.3) is 11.2 Å². The van der Waals surface area contributed by atoms with Gasteiger partial charge in [0.1, 0.15) is 17.7 Å². The molecule has 10 heteroatoms. The van der Waals surface area contributed by atoms with E-state index in [1.54, 1.807) is 0 Å². The van der Waals surface area contributed by atoms with Crippen LogP contribution in [0.2, 0.25) is 0 Å². The zero-order chi connectivity index (χ0) is 13.9. The van der Waals surface area contributed by atoms with Gasteiger partial charge in [-0.2, -0.15) is 0 Å². The van der Waals surface area contributed by atoms with Crippen LogP contribution in [0.1, 0.15) is 12.2 Å². The number of nitrogen functional groups attached to an aromatic ring is 1. The smallest absolute Gasteiger partial charge is 0.350 e. The molecule has 9 nitrogen and oxygen atoms in total. The molecule has 2 aromatic rings. The Morgan fingerprint density at radius 3 is 2.95 bits per heavy atom. The fraction of sp³-hybridized carbons (Fsp3) is 0.444. The van der Waals surface area contributed by atoms with Crippen LogP contribution in [0, 0.1) is 0 Å². The summed E-state index contributed by atoms with van der Waals surface area (Å²) < 4.78 is 15.4. The molecule has 0 saturated carbocycles. The number of nitrogens with zero attached hydrogens (tertiary/aromatic N) is 3. The lowest BCUT2D eigenvalue weighted by Crippen LogP contribution is -2.04. The van der Waals surface area contributed by atoms with E-state index >= 15 is 0 Å². The molecule has 0 aliphatic carbocycles. The molecule has 0 amide bonds. The van der Waals surface area contributed by atoms with Gasteiger partial charge < -0.3 is 25.2 Å². The minimum Gasteiger partial charge on any atom is -0.382 e. The van der Waals surface area contributed by atoms with Gasteiger partial charge in [0.25, 0.3) is 0 Å². The Morgan fingerprint density at radius 1 is 1.42 bits per heavy atom. The summed E-state index contributed by atoms with van der Waals surface area (Å²) in [4.78, 5) is 32.3. The minimum absolute atomic E-state index is 0.215. The lowest BCUT2D eigenvalue weighted by Gasteiger charge is -2.05. The topological polar surface area (TPSA) is 147 Å². The van der Waals surface area contributed by atoms with Crippen molar-refractivity contribution in [3.8, 4) is 0 Å². The van der Waals surface area contributed by atoms with Crippen LogP contribution in [0.5, 0.6) is 0 Å². The van der Waals surface area contributed by atoms with E-state index in [9.17, 15) is 4.57 Å². The Morgan fingerprint density at radius 2 is 2.21 bits per heavy atom. The summed E-state index contributed by atoms with van der Waals surface area (Å²) in [5.74, 6) is 0.852. The van der Waals surface area contributed by atoms with Crippen molar-refractivity contribution in [3.63, 3.8) is 0 Å². The molecule has 0 bridgehead atoms. The van der Waals surface area contributed by atoms with Crippen molar-refractivity contribution in [2.75, 3.05) is 18.7 Å². The quantitative estimate of drug-likeness (QED) is 0.429. The third-order valence-corrected chi connectivity index (χ3v) is 2.83.